The van der Waals surface area contributed by atoms with Crippen LogP contribution in [0, 0.1) is 0 Å². The van der Waals surface area contributed by atoms with Gasteiger partial charge in [0.1, 0.15) is 17.3 Å². The molecule has 1 aliphatic heterocycles. The first-order valence-corrected chi connectivity index (χ1v) is 11.2. The number of sulfonamides is 1. The van der Waals surface area contributed by atoms with Gasteiger partial charge in [0.2, 0.25) is 10.0 Å². The first-order valence-electron chi connectivity index (χ1n) is 8.90. The third kappa shape index (κ3) is 4.69. The number of ether oxygens (including phenoxy) is 2. The second-order valence-electron chi connectivity index (χ2n) is 6.34. The van der Waals surface area contributed by atoms with E-state index in [1.807, 2.05) is 17.5 Å². The van der Waals surface area contributed by atoms with Gasteiger partial charge in [-0.3, -0.25) is 0 Å². The monoisotopic (exact) mass is 409 g/mol. The zero-order valence-electron chi connectivity index (χ0n) is 15.2. The van der Waals surface area contributed by atoms with E-state index >= 15 is 0 Å². The van der Waals surface area contributed by atoms with Crippen LogP contribution in [0.3, 0.4) is 0 Å². The molecular formula is C19H23NO5S2. The molecule has 8 heteroatoms. The van der Waals surface area contributed by atoms with Gasteiger partial charge in [0.05, 0.1) is 12.7 Å². The summed E-state index contributed by atoms with van der Waals surface area (Å²) < 4.78 is 38.3. The van der Waals surface area contributed by atoms with E-state index in [4.69, 9.17) is 9.47 Å². The number of esters is 1. The number of benzene rings is 1. The van der Waals surface area contributed by atoms with Gasteiger partial charge in [-0.1, -0.05) is 18.9 Å². The molecule has 0 N–H and O–H groups in total. The van der Waals surface area contributed by atoms with Gasteiger partial charge in [-0.15, -0.1) is 11.3 Å². The van der Waals surface area contributed by atoms with E-state index in [1.165, 1.54) is 41.0 Å². The Kier molecular flexibility index (Phi) is 6.51. The van der Waals surface area contributed by atoms with E-state index < -0.39 is 16.0 Å². The summed E-state index contributed by atoms with van der Waals surface area (Å²) in [7, 11) is -2.32. The average Bonchev–Trinajstić information content (AvgIpc) is 3.04. The molecule has 146 valence electrons. The van der Waals surface area contributed by atoms with Crippen LogP contribution in [0.1, 0.15) is 40.9 Å². The van der Waals surface area contributed by atoms with E-state index in [-0.39, 0.29) is 22.8 Å². The summed E-state index contributed by atoms with van der Waals surface area (Å²) in [6, 6.07) is 8.15. The zero-order chi connectivity index (χ0) is 19.3. The van der Waals surface area contributed by atoms with Crippen LogP contribution >= 0.6 is 11.3 Å². The van der Waals surface area contributed by atoms with Crippen molar-refractivity contribution in [2.24, 2.45) is 0 Å². The second-order valence-corrected chi connectivity index (χ2v) is 9.28. The fraction of sp³-hybridized carbons (Fsp3) is 0.421. The minimum absolute atomic E-state index is 0.0115. The number of hydrogen-bond acceptors (Lipinski definition) is 6. The molecule has 0 unspecified atom stereocenters. The molecule has 0 atom stereocenters. The summed E-state index contributed by atoms with van der Waals surface area (Å²) in [5.41, 5.74) is 0.195. The Morgan fingerprint density at radius 1 is 1.15 bits per heavy atom. The van der Waals surface area contributed by atoms with E-state index in [1.54, 1.807) is 0 Å². The average molecular weight is 410 g/mol. The van der Waals surface area contributed by atoms with Crippen LogP contribution in [0.25, 0.3) is 0 Å². The molecule has 1 aromatic carbocycles. The van der Waals surface area contributed by atoms with Crippen molar-refractivity contribution in [3.05, 3.63) is 46.2 Å². The molecule has 2 aromatic rings. The number of hydrogen-bond donors (Lipinski definition) is 0. The molecule has 1 aliphatic rings. The highest BCUT2D eigenvalue weighted by atomic mass is 32.2. The van der Waals surface area contributed by atoms with Crippen LogP contribution in [-0.4, -0.2) is 38.9 Å². The quantitative estimate of drug-likeness (QED) is 0.681. The minimum atomic E-state index is -3.74. The predicted octanol–water partition coefficient (Wildman–Crippen LogP) is 3.68. The third-order valence-corrected chi connectivity index (χ3v) is 7.28. The molecule has 6 nitrogen and oxygen atoms in total. The molecular weight excluding hydrogens is 386 g/mol. The van der Waals surface area contributed by atoms with Crippen LogP contribution in [0.2, 0.25) is 0 Å². The van der Waals surface area contributed by atoms with Gasteiger partial charge in [0.25, 0.3) is 0 Å². The maximum absolute atomic E-state index is 13.1. The number of nitrogens with zero attached hydrogens (tertiary/aromatic N) is 1. The van der Waals surface area contributed by atoms with Crippen molar-refractivity contribution in [2.75, 3.05) is 20.2 Å². The molecule has 0 bridgehead atoms. The van der Waals surface area contributed by atoms with Gasteiger partial charge in [-0.2, -0.15) is 4.31 Å². The highest BCUT2D eigenvalue weighted by molar-refractivity contribution is 7.89. The van der Waals surface area contributed by atoms with Crippen molar-refractivity contribution < 1.29 is 22.7 Å². The van der Waals surface area contributed by atoms with Crippen molar-refractivity contribution in [3.63, 3.8) is 0 Å². The Morgan fingerprint density at radius 2 is 1.89 bits per heavy atom. The summed E-state index contributed by atoms with van der Waals surface area (Å²) in [4.78, 5) is 13.3. The SMILES string of the molecule is COc1ccc(C(=O)OCc2cccs2)cc1S(=O)(=O)N1CCCCCC1. The van der Waals surface area contributed by atoms with Crippen LogP contribution in [0.4, 0.5) is 0 Å². The Hall–Kier alpha value is -1.90. The Bertz CT molecular complexity index is 870. The van der Waals surface area contributed by atoms with Gasteiger partial charge in [-0.25, -0.2) is 13.2 Å². The zero-order valence-corrected chi connectivity index (χ0v) is 16.9. The number of methoxy groups -OCH3 is 1. The van der Waals surface area contributed by atoms with Crippen molar-refractivity contribution in [1.82, 2.24) is 4.31 Å². The van der Waals surface area contributed by atoms with Crippen LogP contribution in [0.15, 0.2) is 40.6 Å². The molecule has 1 aromatic heterocycles. The van der Waals surface area contributed by atoms with Gasteiger partial charge < -0.3 is 9.47 Å². The first kappa shape index (κ1) is 19.9. The number of rotatable bonds is 6. The Morgan fingerprint density at radius 3 is 2.52 bits per heavy atom. The topological polar surface area (TPSA) is 72.9 Å². The molecule has 0 amide bonds. The van der Waals surface area contributed by atoms with Gasteiger partial charge in [0, 0.05) is 18.0 Å². The summed E-state index contributed by atoms with van der Waals surface area (Å²) in [5.74, 6) is -0.326. The first-order chi connectivity index (χ1) is 13.0. The van der Waals surface area contributed by atoms with Crippen LogP contribution < -0.4 is 4.74 Å². The van der Waals surface area contributed by atoms with Crippen LogP contribution in [-0.2, 0) is 21.4 Å². The van der Waals surface area contributed by atoms with Crippen LogP contribution in [0.5, 0.6) is 5.75 Å². The molecule has 0 aliphatic carbocycles. The van der Waals surface area contributed by atoms with Gasteiger partial charge in [-0.05, 0) is 42.5 Å². The smallest absolute Gasteiger partial charge is 0.338 e. The standard InChI is InChI=1S/C19H23NO5S2/c1-24-17-9-8-15(19(21)25-14-16-7-6-12-26-16)13-18(17)27(22,23)20-10-4-2-3-5-11-20/h6-9,12-13H,2-5,10-11,14H2,1H3. The highest BCUT2D eigenvalue weighted by Crippen LogP contribution is 2.29. The fourth-order valence-electron chi connectivity index (χ4n) is 3.04. The normalized spacial score (nSPS) is 15.9. The lowest BCUT2D eigenvalue weighted by molar-refractivity contribution is 0.0476. The summed E-state index contributed by atoms with van der Waals surface area (Å²) in [6.07, 6.45) is 3.73. The molecule has 0 spiro atoms. The molecule has 0 saturated carbocycles. The third-order valence-electron chi connectivity index (χ3n) is 4.51. The minimum Gasteiger partial charge on any atom is -0.495 e. The fourth-order valence-corrected chi connectivity index (χ4v) is 5.36. The van der Waals surface area contributed by atoms with E-state index in [2.05, 4.69) is 0 Å². The molecule has 3 rings (SSSR count). The van der Waals surface area contributed by atoms with Crippen molar-refractivity contribution in [3.8, 4) is 5.75 Å². The van der Waals surface area contributed by atoms with Crippen molar-refractivity contribution >= 4 is 27.3 Å². The van der Waals surface area contributed by atoms with E-state index in [0.717, 1.165) is 30.6 Å². The summed E-state index contributed by atoms with van der Waals surface area (Å²) in [5, 5.41) is 1.91. The van der Waals surface area contributed by atoms with E-state index in [9.17, 15) is 13.2 Å². The number of carbonyl (C=O) groups excluding carboxylic acids is 1. The highest BCUT2D eigenvalue weighted by Gasteiger charge is 2.29. The number of thiophene rings is 1. The Balaban J connectivity index is 1.85. The van der Waals surface area contributed by atoms with Crippen molar-refractivity contribution in [1.29, 1.82) is 0 Å². The van der Waals surface area contributed by atoms with Gasteiger partial charge >= 0.3 is 5.97 Å². The molecule has 1 fully saturated rings. The molecule has 2 heterocycles. The molecule has 1 saturated heterocycles. The maximum Gasteiger partial charge on any atom is 0.338 e. The maximum atomic E-state index is 13.1. The largest absolute Gasteiger partial charge is 0.495 e. The molecule has 27 heavy (non-hydrogen) atoms. The predicted molar refractivity (Wildman–Crippen MR) is 104 cm³/mol. The number of carbonyl (C=O) groups is 1. The molecule has 0 radical (unpaired) electrons. The van der Waals surface area contributed by atoms with Gasteiger partial charge in [0.15, 0.2) is 0 Å². The van der Waals surface area contributed by atoms with E-state index in [0.29, 0.717) is 13.1 Å². The van der Waals surface area contributed by atoms with Crippen molar-refractivity contribution in [2.45, 2.75) is 37.2 Å². The lowest BCUT2D eigenvalue weighted by Gasteiger charge is -2.21. The summed E-state index contributed by atoms with van der Waals surface area (Å²) in [6.45, 7) is 1.13. The summed E-state index contributed by atoms with van der Waals surface area (Å²) >= 11 is 1.49. The second kappa shape index (κ2) is 8.86. The Labute approximate surface area is 163 Å². The lowest BCUT2D eigenvalue weighted by atomic mass is 10.2. The lowest BCUT2D eigenvalue weighted by Crippen LogP contribution is -2.32.